The van der Waals surface area contributed by atoms with Gasteiger partial charge in [-0.1, -0.05) is 20.8 Å². The number of nitrogens with one attached hydrogen (secondary N) is 1. The highest BCUT2D eigenvalue weighted by molar-refractivity contribution is 5.37. The van der Waals surface area contributed by atoms with Gasteiger partial charge in [0.15, 0.2) is 5.82 Å². The van der Waals surface area contributed by atoms with Crippen LogP contribution in [-0.2, 0) is 4.74 Å². The van der Waals surface area contributed by atoms with E-state index < -0.39 is 0 Å². The second-order valence-electron chi connectivity index (χ2n) is 4.50. The second kappa shape index (κ2) is 6.55. The molecule has 1 N–H and O–H groups in total. The molecule has 0 bridgehead atoms. The molecule has 0 aromatic carbocycles. The Hall–Kier alpha value is -1.16. The summed E-state index contributed by atoms with van der Waals surface area (Å²) in [5.41, 5.74) is 1.05. The molecule has 0 aliphatic rings. The average Bonchev–Trinajstić information content (AvgIpc) is 2.34. The highest BCUT2D eigenvalue weighted by atomic mass is 16.5. The predicted octanol–water partition coefficient (Wildman–Crippen LogP) is 3.13. The Bertz CT molecular complexity index is 353. The molecule has 0 amide bonds. The van der Waals surface area contributed by atoms with Gasteiger partial charge in [0.05, 0.1) is 0 Å². The molecule has 1 heterocycles. The Balaban J connectivity index is 3.00. The summed E-state index contributed by atoms with van der Waals surface area (Å²) in [6.07, 6.45) is 1.01. The van der Waals surface area contributed by atoms with Gasteiger partial charge in [-0.2, -0.15) is 0 Å². The van der Waals surface area contributed by atoms with Crippen LogP contribution in [0.15, 0.2) is 6.07 Å². The number of ether oxygens (including phenoxy) is 1. The fourth-order valence-corrected chi connectivity index (χ4v) is 1.41. The lowest BCUT2D eigenvalue weighted by atomic mass is 10.1. The van der Waals surface area contributed by atoms with Gasteiger partial charge in [0.25, 0.3) is 0 Å². The van der Waals surface area contributed by atoms with E-state index in [1.165, 1.54) is 0 Å². The van der Waals surface area contributed by atoms with Crippen molar-refractivity contribution in [2.45, 2.75) is 46.1 Å². The number of hydrogen-bond donors (Lipinski definition) is 1. The van der Waals surface area contributed by atoms with E-state index >= 15 is 0 Å². The third-order valence-electron chi connectivity index (χ3n) is 2.63. The lowest BCUT2D eigenvalue weighted by molar-refractivity contribution is 0.112. The van der Waals surface area contributed by atoms with Gasteiger partial charge in [-0.15, -0.1) is 0 Å². The molecule has 4 heteroatoms. The third-order valence-corrected chi connectivity index (χ3v) is 2.63. The molecule has 96 valence electrons. The van der Waals surface area contributed by atoms with Gasteiger partial charge in [0.2, 0.25) is 0 Å². The quantitative estimate of drug-likeness (QED) is 0.825. The first-order valence-corrected chi connectivity index (χ1v) is 6.24. The number of hydrogen-bond acceptors (Lipinski definition) is 4. The topological polar surface area (TPSA) is 47.0 Å². The monoisotopic (exact) mass is 237 g/mol. The molecule has 1 aromatic heterocycles. The summed E-state index contributed by atoms with van der Waals surface area (Å²) >= 11 is 0. The predicted molar refractivity (Wildman–Crippen MR) is 70.3 cm³/mol. The Morgan fingerprint density at radius 1 is 1.29 bits per heavy atom. The molecular weight excluding hydrogens is 214 g/mol. The van der Waals surface area contributed by atoms with Gasteiger partial charge in [-0.25, -0.2) is 9.97 Å². The van der Waals surface area contributed by atoms with Gasteiger partial charge in [-0.05, 0) is 19.3 Å². The fraction of sp³-hybridized carbons (Fsp3) is 0.692. The molecule has 0 saturated carbocycles. The average molecular weight is 237 g/mol. The lowest BCUT2D eigenvalue weighted by Crippen LogP contribution is -2.10. The highest BCUT2D eigenvalue weighted by Gasteiger charge is 2.12. The molecule has 17 heavy (non-hydrogen) atoms. The smallest absolute Gasteiger partial charge is 0.159 e. The van der Waals surface area contributed by atoms with E-state index in [9.17, 15) is 0 Å². The molecule has 1 unspecified atom stereocenters. The van der Waals surface area contributed by atoms with Crippen LogP contribution in [0.25, 0.3) is 0 Å². The van der Waals surface area contributed by atoms with Gasteiger partial charge in [0.1, 0.15) is 11.9 Å². The van der Waals surface area contributed by atoms with Gasteiger partial charge in [-0.3, -0.25) is 0 Å². The summed E-state index contributed by atoms with van der Waals surface area (Å²) in [6, 6.07) is 2.02. The maximum atomic E-state index is 5.28. The van der Waals surface area contributed by atoms with Gasteiger partial charge < -0.3 is 10.1 Å². The van der Waals surface area contributed by atoms with Gasteiger partial charge in [0, 0.05) is 25.4 Å². The van der Waals surface area contributed by atoms with E-state index in [-0.39, 0.29) is 6.10 Å². The summed E-state index contributed by atoms with van der Waals surface area (Å²) in [5, 5.41) is 3.30. The van der Waals surface area contributed by atoms with E-state index in [2.05, 4.69) is 36.1 Å². The minimum Gasteiger partial charge on any atom is -0.374 e. The van der Waals surface area contributed by atoms with E-state index in [0.29, 0.717) is 5.92 Å². The van der Waals surface area contributed by atoms with Crippen LogP contribution < -0.4 is 5.32 Å². The van der Waals surface area contributed by atoms with Crippen LogP contribution in [-0.4, -0.2) is 23.6 Å². The Kier molecular flexibility index (Phi) is 5.35. The van der Waals surface area contributed by atoms with Crippen molar-refractivity contribution in [2.75, 3.05) is 19.0 Å². The Labute approximate surface area is 104 Å². The Morgan fingerprint density at radius 3 is 2.53 bits per heavy atom. The second-order valence-corrected chi connectivity index (χ2v) is 4.50. The van der Waals surface area contributed by atoms with Crippen LogP contribution >= 0.6 is 0 Å². The maximum absolute atomic E-state index is 5.28. The maximum Gasteiger partial charge on any atom is 0.159 e. The number of rotatable bonds is 6. The number of nitrogens with zero attached hydrogens (tertiary/aromatic N) is 2. The molecule has 0 saturated heterocycles. The van der Waals surface area contributed by atoms with Crippen LogP contribution in [0, 0.1) is 0 Å². The van der Waals surface area contributed by atoms with E-state index in [0.717, 1.165) is 30.3 Å². The normalized spacial score (nSPS) is 12.8. The van der Waals surface area contributed by atoms with E-state index in [4.69, 9.17) is 4.74 Å². The number of aromatic nitrogens is 2. The minimum absolute atomic E-state index is 0.0733. The van der Waals surface area contributed by atoms with Crippen molar-refractivity contribution >= 4 is 5.82 Å². The zero-order chi connectivity index (χ0) is 12.8. The van der Waals surface area contributed by atoms with Crippen molar-refractivity contribution in [2.24, 2.45) is 0 Å². The van der Waals surface area contributed by atoms with Crippen molar-refractivity contribution in [3.05, 3.63) is 17.6 Å². The SMILES string of the molecule is CCCNc1cc(C(C)C)nc(C(C)OC)n1. The zero-order valence-corrected chi connectivity index (χ0v) is 11.4. The van der Waals surface area contributed by atoms with Crippen LogP contribution in [0.1, 0.15) is 57.7 Å². The highest BCUT2D eigenvalue weighted by Crippen LogP contribution is 2.19. The Morgan fingerprint density at radius 2 is 2.00 bits per heavy atom. The van der Waals surface area contributed by atoms with Crippen LogP contribution in [0.3, 0.4) is 0 Å². The first kappa shape index (κ1) is 13.9. The van der Waals surface area contributed by atoms with Crippen molar-refractivity contribution in [3.63, 3.8) is 0 Å². The van der Waals surface area contributed by atoms with Crippen molar-refractivity contribution in [1.29, 1.82) is 0 Å². The van der Waals surface area contributed by atoms with Crippen LogP contribution in [0.4, 0.5) is 5.82 Å². The molecule has 4 nitrogen and oxygen atoms in total. The third kappa shape index (κ3) is 3.97. The first-order valence-electron chi connectivity index (χ1n) is 6.24. The summed E-state index contributed by atoms with van der Waals surface area (Å²) in [5.74, 6) is 2.03. The molecule has 0 spiro atoms. The minimum atomic E-state index is -0.0733. The summed E-state index contributed by atoms with van der Waals surface area (Å²) in [4.78, 5) is 9.01. The molecule has 0 fully saturated rings. The van der Waals surface area contributed by atoms with Crippen LogP contribution in [0.2, 0.25) is 0 Å². The van der Waals surface area contributed by atoms with Crippen molar-refractivity contribution in [1.82, 2.24) is 9.97 Å². The largest absolute Gasteiger partial charge is 0.374 e. The number of methoxy groups -OCH3 is 1. The summed E-state index contributed by atoms with van der Waals surface area (Å²) < 4.78 is 5.28. The van der Waals surface area contributed by atoms with Gasteiger partial charge >= 0.3 is 0 Å². The van der Waals surface area contributed by atoms with Crippen molar-refractivity contribution < 1.29 is 4.74 Å². The number of anilines is 1. The molecular formula is C13H23N3O. The van der Waals surface area contributed by atoms with Crippen molar-refractivity contribution in [3.8, 4) is 0 Å². The summed E-state index contributed by atoms with van der Waals surface area (Å²) in [6.45, 7) is 9.29. The first-order chi connectivity index (χ1) is 8.08. The molecule has 1 atom stereocenters. The van der Waals surface area contributed by atoms with E-state index in [1.54, 1.807) is 7.11 Å². The van der Waals surface area contributed by atoms with Crippen LogP contribution in [0.5, 0.6) is 0 Å². The molecule has 0 aliphatic heterocycles. The fourth-order valence-electron chi connectivity index (χ4n) is 1.41. The molecule has 1 rings (SSSR count). The molecule has 1 aromatic rings. The lowest BCUT2D eigenvalue weighted by Gasteiger charge is -2.14. The molecule has 0 aliphatic carbocycles. The standard InChI is InChI=1S/C13H23N3O/c1-6-7-14-12-8-11(9(2)3)15-13(16-12)10(4)17-5/h8-10H,6-7H2,1-5H3,(H,14,15,16). The van der Waals surface area contributed by atoms with E-state index in [1.807, 2.05) is 13.0 Å². The molecule has 0 radical (unpaired) electrons. The zero-order valence-electron chi connectivity index (χ0n) is 11.4. The summed E-state index contributed by atoms with van der Waals surface area (Å²) in [7, 11) is 1.68.